The number of hydrogen-bond donors (Lipinski definition) is 2. The Bertz CT molecular complexity index is 289. The highest BCUT2D eigenvalue weighted by Crippen LogP contribution is 2.04. The standard InChI is InChI=1S/C5H5NO2S2.CH4/c7-4(8)1-3-2-10-5(9)6-3;/h2H,1H2,(H,6,9)(H,7,8);1H4. The molecule has 0 aliphatic rings. The van der Waals surface area contributed by atoms with Gasteiger partial charge in [-0.05, 0) is 12.2 Å². The van der Waals surface area contributed by atoms with Crippen molar-refractivity contribution in [2.45, 2.75) is 13.8 Å². The van der Waals surface area contributed by atoms with Crippen molar-refractivity contribution in [3.8, 4) is 0 Å². The SMILES string of the molecule is C.O=C(O)Cc1csc(=S)[nH]1. The molecule has 1 rings (SSSR count). The molecular formula is C6H9NO2S2. The summed E-state index contributed by atoms with van der Waals surface area (Å²) in [6.45, 7) is 0. The average molecular weight is 191 g/mol. The molecule has 1 aromatic heterocycles. The van der Waals surface area contributed by atoms with Gasteiger partial charge in [-0.2, -0.15) is 0 Å². The number of carboxylic acids is 1. The van der Waals surface area contributed by atoms with Gasteiger partial charge in [0.25, 0.3) is 0 Å². The lowest BCUT2D eigenvalue weighted by Crippen LogP contribution is -1.99. The van der Waals surface area contributed by atoms with E-state index in [1.54, 1.807) is 5.38 Å². The minimum Gasteiger partial charge on any atom is -0.481 e. The van der Waals surface area contributed by atoms with E-state index in [2.05, 4.69) is 4.98 Å². The van der Waals surface area contributed by atoms with Crippen LogP contribution >= 0.6 is 23.6 Å². The Morgan fingerprint density at radius 2 is 2.45 bits per heavy atom. The Morgan fingerprint density at radius 1 is 1.82 bits per heavy atom. The monoisotopic (exact) mass is 191 g/mol. The molecule has 0 fully saturated rings. The molecule has 1 heterocycles. The lowest BCUT2D eigenvalue weighted by atomic mass is 10.3. The number of aromatic amines is 1. The summed E-state index contributed by atoms with van der Waals surface area (Å²) in [5.74, 6) is -0.843. The first-order chi connectivity index (χ1) is 4.68. The molecule has 0 spiro atoms. The number of carbonyl (C=O) groups is 1. The molecule has 0 aromatic carbocycles. The zero-order valence-corrected chi connectivity index (χ0v) is 6.59. The Morgan fingerprint density at radius 3 is 2.82 bits per heavy atom. The predicted molar refractivity (Wildman–Crippen MR) is 47.6 cm³/mol. The van der Waals surface area contributed by atoms with E-state index in [4.69, 9.17) is 17.3 Å². The minimum absolute atomic E-state index is 0. The Hall–Kier alpha value is -0.680. The molecule has 62 valence electrons. The number of aromatic nitrogens is 1. The van der Waals surface area contributed by atoms with Crippen LogP contribution in [0, 0.1) is 3.95 Å². The molecule has 0 saturated carbocycles. The van der Waals surface area contributed by atoms with Crippen molar-refractivity contribution >= 4 is 29.5 Å². The van der Waals surface area contributed by atoms with Crippen molar-refractivity contribution in [3.63, 3.8) is 0 Å². The summed E-state index contributed by atoms with van der Waals surface area (Å²) >= 11 is 6.10. The van der Waals surface area contributed by atoms with Crippen LogP contribution in [0.15, 0.2) is 5.38 Å². The molecule has 1 aromatic rings. The minimum atomic E-state index is -0.843. The van der Waals surface area contributed by atoms with Gasteiger partial charge < -0.3 is 10.1 Å². The Kier molecular flexibility index (Phi) is 3.99. The molecule has 0 aliphatic carbocycles. The molecule has 0 amide bonds. The van der Waals surface area contributed by atoms with E-state index >= 15 is 0 Å². The molecule has 2 N–H and O–H groups in total. The molecule has 3 nitrogen and oxygen atoms in total. The molecule has 0 unspecified atom stereocenters. The van der Waals surface area contributed by atoms with Gasteiger partial charge in [0.15, 0.2) is 3.95 Å². The van der Waals surface area contributed by atoms with E-state index in [0.717, 1.165) is 0 Å². The largest absolute Gasteiger partial charge is 0.481 e. The first kappa shape index (κ1) is 10.3. The molecule has 0 radical (unpaired) electrons. The normalized spacial score (nSPS) is 8.73. The number of carboxylic acid groups (broad SMARTS) is 1. The number of H-pyrrole nitrogens is 1. The van der Waals surface area contributed by atoms with Crippen LogP contribution in [-0.4, -0.2) is 16.1 Å². The van der Waals surface area contributed by atoms with Crippen molar-refractivity contribution < 1.29 is 9.90 Å². The van der Waals surface area contributed by atoms with Gasteiger partial charge >= 0.3 is 5.97 Å². The van der Waals surface area contributed by atoms with Crippen LogP contribution in [0.25, 0.3) is 0 Å². The Balaban J connectivity index is 0.000001000. The van der Waals surface area contributed by atoms with Crippen LogP contribution in [0.1, 0.15) is 13.1 Å². The first-order valence-corrected chi connectivity index (χ1v) is 3.86. The average Bonchev–Trinajstić information content (AvgIpc) is 2.13. The zero-order chi connectivity index (χ0) is 7.56. The van der Waals surface area contributed by atoms with E-state index in [9.17, 15) is 4.79 Å². The predicted octanol–water partition coefficient (Wildman–Crippen LogP) is 2.07. The molecule has 11 heavy (non-hydrogen) atoms. The Labute approximate surface area is 73.7 Å². The number of thiazole rings is 1. The molecular weight excluding hydrogens is 182 g/mol. The molecule has 0 atom stereocenters. The van der Waals surface area contributed by atoms with Gasteiger partial charge in [-0.1, -0.05) is 7.43 Å². The lowest BCUT2D eigenvalue weighted by molar-refractivity contribution is -0.136. The molecule has 0 aliphatic heterocycles. The van der Waals surface area contributed by atoms with Gasteiger partial charge in [0.2, 0.25) is 0 Å². The van der Waals surface area contributed by atoms with Crippen molar-refractivity contribution in [1.82, 2.24) is 4.98 Å². The van der Waals surface area contributed by atoms with Gasteiger partial charge in [0.05, 0.1) is 6.42 Å². The third kappa shape index (κ3) is 3.29. The second-order valence-electron chi connectivity index (χ2n) is 1.74. The summed E-state index contributed by atoms with van der Waals surface area (Å²) in [6, 6.07) is 0. The van der Waals surface area contributed by atoms with Gasteiger partial charge in [-0.3, -0.25) is 4.79 Å². The second kappa shape index (κ2) is 4.25. The number of hydrogen-bond acceptors (Lipinski definition) is 3. The fraction of sp³-hybridized carbons (Fsp3) is 0.333. The molecule has 0 bridgehead atoms. The number of rotatable bonds is 2. The maximum absolute atomic E-state index is 10.1. The van der Waals surface area contributed by atoms with Gasteiger partial charge in [-0.25, -0.2) is 0 Å². The summed E-state index contributed by atoms with van der Waals surface area (Å²) in [4.78, 5) is 12.9. The summed E-state index contributed by atoms with van der Waals surface area (Å²) in [6.07, 6.45) is 0.0210. The maximum Gasteiger partial charge on any atom is 0.309 e. The summed E-state index contributed by atoms with van der Waals surface area (Å²) in [5.41, 5.74) is 0.669. The quantitative estimate of drug-likeness (QED) is 0.704. The van der Waals surface area contributed by atoms with E-state index in [1.165, 1.54) is 11.3 Å². The molecule has 0 saturated heterocycles. The number of nitrogens with one attached hydrogen (secondary N) is 1. The van der Waals surface area contributed by atoms with E-state index in [1.807, 2.05) is 0 Å². The first-order valence-electron chi connectivity index (χ1n) is 2.57. The van der Waals surface area contributed by atoms with Gasteiger partial charge in [0.1, 0.15) is 0 Å². The number of aliphatic carboxylic acids is 1. The van der Waals surface area contributed by atoms with Crippen LogP contribution in [0.2, 0.25) is 0 Å². The third-order valence-corrected chi connectivity index (χ3v) is 2.02. The highest BCUT2D eigenvalue weighted by molar-refractivity contribution is 7.73. The summed E-state index contributed by atoms with van der Waals surface area (Å²) < 4.78 is 0.622. The highest BCUT2D eigenvalue weighted by Gasteiger charge is 1.99. The van der Waals surface area contributed by atoms with Crippen LogP contribution in [-0.2, 0) is 11.2 Å². The topological polar surface area (TPSA) is 53.1 Å². The van der Waals surface area contributed by atoms with Crippen molar-refractivity contribution in [2.75, 3.05) is 0 Å². The second-order valence-corrected chi connectivity index (χ2v) is 3.29. The zero-order valence-electron chi connectivity index (χ0n) is 4.96. The third-order valence-electron chi connectivity index (χ3n) is 0.913. The van der Waals surface area contributed by atoms with Crippen LogP contribution in [0.5, 0.6) is 0 Å². The van der Waals surface area contributed by atoms with Crippen molar-refractivity contribution in [2.24, 2.45) is 0 Å². The smallest absolute Gasteiger partial charge is 0.309 e. The lowest BCUT2D eigenvalue weighted by Gasteiger charge is -1.86. The fourth-order valence-corrected chi connectivity index (χ4v) is 1.42. The van der Waals surface area contributed by atoms with Crippen LogP contribution < -0.4 is 0 Å². The van der Waals surface area contributed by atoms with Crippen LogP contribution in [0.3, 0.4) is 0 Å². The van der Waals surface area contributed by atoms with E-state index in [0.29, 0.717) is 9.65 Å². The van der Waals surface area contributed by atoms with Crippen LogP contribution in [0.4, 0.5) is 0 Å². The highest BCUT2D eigenvalue weighted by atomic mass is 32.1. The van der Waals surface area contributed by atoms with Crippen molar-refractivity contribution in [3.05, 3.63) is 15.0 Å². The maximum atomic E-state index is 10.1. The van der Waals surface area contributed by atoms with Gasteiger partial charge in [-0.15, -0.1) is 11.3 Å². The van der Waals surface area contributed by atoms with Crippen molar-refractivity contribution in [1.29, 1.82) is 0 Å². The van der Waals surface area contributed by atoms with Gasteiger partial charge in [0, 0.05) is 11.1 Å². The van der Waals surface area contributed by atoms with E-state index < -0.39 is 5.97 Å². The van der Waals surface area contributed by atoms with E-state index in [-0.39, 0.29) is 13.8 Å². The fourth-order valence-electron chi connectivity index (χ4n) is 0.563. The summed E-state index contributed by atoms with van der Waals surface area (Å²) in [5, 5.41) is 10.0. The molecule has 5 heteroatoms. The summed E-state index contributed by atoms with van der Waals surface area (Å²) in [7, 11) is 0.